The SMILES string of the molecule is COC(=O)Nc1nc2c(ccc3ccccc32)[nH]1. The van der Waals surface area contributed by atoms with Crippen LogP contribution in [0.15, 0.2) is 36.4 Å². The summed E-state index contributed by atoms with van der Waals surface area (Å²) < 4.78 is 4.53. The molecule has 90 valence electrons. The zero-order valence-electron chi connectivity index (χ0n) is 9.73. The Morgan fingerprint density at radius 2 is 2.11 bits per heavy atom. The molecule has 0 bridgehead atoms. The molecule has 0 aliphatic heterocycles. The first-order chi connectivity index (χ1) is 8.78. The number of rotatable bonds is 1. The first-order valence-corrected chi connectivity index (χ1v) is 5.50. The van der Waals surface area contributed by atoms with Crippen LogP contribution in [0.25, 0.3) is 21.8 Å². The molecule has 3 rings (SSSR count). The lowest BCUT2D eigenvalue weighted by Crippen LogP contribution is -2.11. The third-order valence-corrected chi connectivity index (χ3v) is 2.78. The van der Waals surface area contributed by atoms with Crippen LogP contribution in [-0.4, -0.2) is 23.2 Å². The van der Waals surface area contributed by atoms with Crippen molar-refractivity contribution in [2.24, 2.45) is 0 Å². The molecule has 0 saturated heterocycles. The second-order valence-corrected chi connectivity index (χ2v) is 3.88. The maximum absolute atomic E-state index is 11.1. The van der Waals surface area contributed by atoms with Crippen molar-refractivity contribution in [3.8, 4) is 0 Å². The van der Waals surface area contributed by atoms with Crippen molar-refractivity contribution in [1.82, 2.24) is 9.97 Å². The molecule has 1 amide bonds. The van der Waals surface area contributed by atoms with Crippen molar-refractivity contribution >= 4 is 33.8 Å². The first-order valence-electron chi connectivity index (χ1n) is 5.50. The molecule has 0 unspecified atom stereocenters. The predicted octanol–water partition coefficient (Wildman–Crippen LogP) is 2.89. The molecule has 0 aliphatic rings. The summed E-state index contributed by atoms with van der Waals surface area (Å²) in [6, 6.07) is 11.9. The second-order valence-electron chi connectivity index (χ2n) is 3.88. The van der Waals surface area contributed by atoms with Gasteiger partial charge in [0.1, 0.15) is 0 Å². The van der Waals surface area contributed by atoms with Gasteiger partial charge in [-0.25, -0.2) is 9.78 Å². The highest BCUT2D eigenvalue weighted by atomic mass is 16.5. The fraction of sp³-hybridized carbons (Fsp3) is 0.0769. The summed E-state index contributed by atoms with van der Waals surface area (Å²) in [5.74, 6) is 0.383. The highest BCUT2D eigenvalue weighted by Gasteiger charge is 2.08. The molecule has 2 aromatic carbocycles. The van der Waals surface area contributed by atoms with Crippen LogP contribution in [0.2, 0.25) is 0 Å². The molecule has 0 radical (unpaired) electrons. The number of hydrogen-bond donors (Lipinski definition) is 2. The molecular weight excluding hydrogens is 230 g/mol. The molecule has 1 aromatic heterocycles. The van der Waals surface area contributed by atoms with Gasteiger partial charge in [-0.1, -0.05) is 30.3 Å². The van der Waals surface area contributed by atoms with Crippen LogP contribution >= 0.6 is 0 Å². The topological polar surface area (TPSA) is 67.0 Å². The number of carbonyl (C=O) groups is 1. The van der Waals surface area contributed by atoms with Crippen molar-refractivity contribution in [1.29, 1.82) is 0 Å². The van der Waals surface area contributed by atoms with Crippen molar-refractivity contribution in [3.05, 3.63) is 36.4 Å². The summed E-state index contributed by atoms with van der Waals surface area (Å²) in [6.07, 6.45) is -0.543. The molecule has 5 heteroatoms. The van der Waals surface area contributed by atoms with Crippen LogP contribution in [0.3, 0.4) is 0 Å². The molecule has 0 spiro atoms. The molecule has 0 aliphatic carbocycles. The number of fused-ring (bicyclic) bond motifs is 3. The molecule has 2 N–H and O–H groups in total. The Kier molecular flexibility index (Phi) is 2.37. The van der Waals surface area contributed by atoms with Gasteiger partial charge in [-0.2, -0.15) is 0 Å². The summed E-state index contributed by atoms with van der Waals surface area (Å²) in [5.41, 5.74) is 1.71. The van der Waals surface area contributed by atoms with Gasteiger partial charge in [0.2, 0.25) is 5.95 Å². The minimum Gasteiger partial charge on any atom is -0.453 e. The van der Waals surface area contributed by atoms with E-state index in [9.17, 15) is 4.79 Å². The van der Waals surface area contributed by atoms with Gasteiger partial charge in [0.25, 0.3) is 0 Å². The van der Waals surface area contributed by atoms with Crippen molar-refractivity contribution in [2.45, 2.75) is 0 Å². The number of benzene rings is 2. The highest BCUT2D eigenvalue weighted by molar-refractivity contribution is 6.05. The van der Waals surface area contributed by atoms with Crippen LogP contribution in [0.1, 0.15) is 0 Å². The van der Waals surface area contributed by atoms with Crippen molar-refractivity contribution in [3.63, 3.8) is 0 Å². The summed E-state index contributed by atoms with van der Waals surface area (Å²) in [7, 11) is 1.31. The van der Waals surface area contributed by atoms with Gasteiger partial charge in [0.05, 0.1) is 18.1 Å². The molecule has 18 heavy (non-hydrogen) atoms. The van der Waals surface area contributed by atoms with Gasteiger partial charge < -0.3 is 9.72 Å². The first kappa shape index (κ1) is 10.6. The Labute approximate surface area is 103 Å². The molecule has 1 heterocycles. The zero-order chi connectivity index (χ0) is 12.5. The molecule has 3 aromatic rings. The van der Waals surface area contributed by atoms with E-state index in [2.05, 4.69) is 20.0 Å². The van der Waals surface area contributed by atoms with E-state index in [0.717, 1.165) is 21.8 Å². The quantitative estimate of drug-likeness (QED) is 0.688. The predicted molar refractivity (Wildman–Crippen MR) is 69.6 cm³/mol. The number of H-pyrrole nitrogens is 1. The minimum absolute atomic E-state index is 0.383. The zero-order valence-corrected chi connectivity index (χ0v) is 9.73. The van der Waals surface area contributed by atoms with Crippen LogP contribution in [-0.2, 0) is 4.74 Å². The van der Waals surface area contributed by atoms with E-state index in [-0.39, 0.29) is 0 Å². The van der Waals surface area contributed by atoms with E-state index in [0.29, 0.717) is 5.95 Å². The van der Waals surface area contributed by atoms with Gasteiger partial charge in [0.15, 0.2) is 0 Å². The number of amides is 1. The van der Waals surface area contributed by atoms with Crippen molar-refractivity contribution < 1.29 is 9.53 Å². The maximum atomic E-state index is 11.1. The standard InChI is InChI=1S/C13H11N3O2/c1-18-13(17)16-12-14-10-7-6-8-4-2-3-5-9(8)11(10)15-12/h2-7H,1H3,(H2,14,15,16,17). The average molecular weight is 241 g/mol. The van der Waals surface area contributed by atoms with E-state index in [1.54, 1.807) is 0 Å². The summed E-state index contributed by atoms with van der Waals surface area (Å²) in [6.45, 7) is 0. The number of aromatic nitrogens is 2. The Bertz CT molecular complexity index is 733. The number of anilines is 1. The average Bonchev–Trinajstić information content (AvgIpc) is 2.81. The monoisotopic (exact) mass is 241 g/mol. The number of nitrogens with one attached hydrogen (secondary N) is 2. The fourth-order valence-electron chi connectivity index (χ4n) is 1.95. The van der Waals surface area contributed by atoms with Crippen LogP contribution in [0, 0.1) is 0 Å². The number of nitrogens with zero attached hydrogens (tertiary/aromatic N) is 1. The Hall–Kier alpha value is -2.56. The molecular formula is C13H11N3O2. The third-order valence-electron chi connectivity index (χ3n) is 2.78. The minimum atomic E-state index is -0.543. The van der Waals surface area contributed by atoms with E-state index >= 15 is 0 Å². The number of methoxy groups -OCH3 is 1. The lowest BCUT2D eigenvalue weighted by atomic mass is 10.1. The van der Waals surface area contributed by atoms with Gasteiger partial charge in [-0.3, -0.25) is 5.32 Å². The van der Waals surface area contributed by atoms with E-state index in [4.69, 9.17) is 0 Å². The van der Waals surface area contributed by atoms with Gasteiger partial charge in [-0.15, -0.1) is 0 Å². The van der Waals surface area contributed by atoms with Gasteiger partial charge in [-0.05, 0) is 11.5 Å². The Morgan fingerprint density at radius 1 is 1.28 bits per heavy atom. The van der Waals surface area contributed by atoms with Crippen LogP contribution in [0.5, 0.6) is 0 Å². The fourth-order valence-corrected chi connectivity index (χ4v) is 1.95. The summed E-state index contributed by atoms with van der Waals surface area (Å²) in [4.78, 5) is 18.5. The molecule has 5 nitrogen and oxygen atoms in total. The Morgan fingerprint density at radius 3 is 2.94 bits per heavy atom. The van der Waals surface area contributed by atoms with Crippen LogP contribution in [0.4, 0.5) is 10.7 Å². The maximum Gasteiger partial charge on any atom is 0.413 e. The number of aromatic amines is 1. The third kappa shape index (κ3) is 1.66. The van der Waals surface area contributed by atoms with Crippen molar-refractivity contribution in [2.75, 3.05) is 12.4 Å². The molecule has 0 fully saturated rings. The van der Waals surface area contributed by atoms with E-state index < -0.39 is 6.09 Å². The smallest absolute Gasteiger partial charge is 0.413 e. The lowest BCUT2D eigenvalue weighted by molar-refractivity contribution is 0.186. The normalized spacial score (nSPS) is 10.7. The number of hydrogen-bond acceptors (Lipinski definition) is 3. The number of carbonyl (C=O) groups excluding carboxylic acids is 1. The summed E-state index contributed by atoms with van der Waals surface area (Å²) in [5, 5.41) is 4.68. The van der Waals surface area contributed by atoms with E-state index in [1.807, 2.05) is 36.4 Å². The number of imidazole rings is 1. The highest BCUT2D eigenvalue weighted by Crippen LogP contribution is 2.24. The van der Waals surface area contributed by atoms with E-state index in [1.165, 1.54) is 7.11 Å². The Balaban J connectivity index is 2.16. The molecule has 0 saturated carbocycles. The van der Waals surface area contributed by atoms with Gasteiger partial charge in [0, 0.05) is 5.39 Å². The largest absolute Gasteiger partial charge is 0.453 e. The number of ether oxygens (including phenoxy) is 1. The lowest BCUT2D eigenvalue weighted by Gasteiger charge is -1.97. The molecule has 0 atom stereocenters. The van der Waals surface area contributed by atoms with Crippen LogP contribution < -0.4 is 5.32 Å². The van der Waals surface area contributed by atoms with Gasteiger partial charge >= 0.3 is 6.09 Å². The summed E-state index contributed by atoms with van der Waals surface area (Å²) >= 11 is 0. The second kappa shape index (κ2) is 4.03.